The van der Waals surface area contributed by atoms with Crippen molar-refractivity contribution >= 4 is 0 Å². The van der Waals surface area contributed by atoms with Gasteiger partial charge in [-0.2, -0.15) is 0 Å². The molecule has 76 valence electrons. The molecule has 0 spiro atoms. The Bertz CT molecular complexity index is 157. The number of nitrogens with zero attached hydrogens (tertiary/aromatic N) is 1. The van der Waals surface area contributed by atoms with Crippen molar-refractivity contribution in [2.75, 3.05) is 33.4 Å². The van der Waals surface area contributed by atoms with Crippen molar-refractivity contribution in [1.29, 1.82) is 0 Å². The Hall–Kier alpha value is -0.120. The highest BCUT2D eigenvalue weighted by Crippen LogP contribution is 2.24. The highest BCUT2D eigenvalue weighted by atomic mass is 16.5. The average molecular weight is 184 g/mol. The molecule has 3 nitrogen and oxygen atoms in total. The van der Waals surface area contributed by atoms with Gasteiger partial charge in [-0.05, 0) is 26.3 Å². The Labute approximate surface area is 80.4 Å². The van der Waals surface area contributed by atoms with Crippen molar-refractivity contribution in [1.82, 2.24) is 10.2 Å². The van der Waals surface area contributed by atoms with Crippen LogP contribution in [0.4, 0.5) is 0 Å². The molecule has 2 aliphatic rings. The van der Waals surface area contributed by atoms with E-state index in [4.69, 9.17) is 4.74 Å². The molecule has 1 saturated carbocycles. The van der Waals surface area contributed by atoms with Gasteiger partial charge in [0.2, 0.25) is 0 Å². The van der Waals surface area contributed by atoms with E-state index < -0.39 is 0 Å². The number of hydrogen-bond donors (Lipinski definition) is 1. The lowest BCUT2D eigenvalue weighted by atomic mass is 10.2. The molecule has 0 aromatic rings. The summed E-state index contributed by atoms with van der Waals surface area (Å²) in [6.45, 7) is 4.14. The summed E-state index contributed by atoms with van der Waals surface area (Å²) in [4.78, 5) is 2.60. The third-order valence-corrected chi connectivity index (χ3v) is 3.38. The normalized spacial score (nSPS) is 36.7. The molecular weight excluding hydrogens is 164 g/mol. The quantitative estimate of drug-likeness (QED) is 0.675. The first-order valence-electron chi connectivity index (χ1n) is 5.39. The van der Waals surface area contributed by atoms with Crippen molar-refractivity contribution in [3.05, 3.63) is 0 Å². The highest BCUT2D eigenvalue weighted by Gasteiger charge is 2.28. The van der Waals surface area contributed by atoms with Crippen LogP contribution in [0.15, 0.2) is 0 Å². The Balaban J connectivity index is 1.80. The fourth-order valence-electron chi connectivity index (χ4n) is 2.49. The number of morpholine rings is 1. The van der Waals surface area contributed by atoms with E-state index in [9.17, 15) is 0 Å². The van der Waals surface area contributed by atoms with Crippen LogP contribution < -0.4 is 5.32 Å². The van der Waals surface area contributed by atoms with E-state index in [2.05, 4.69) is 17.3 Å². The molecule has 1 aliphatic carbocycles. The topological polar surface area (TPSA) is 24.5 Å². The Morgan fingerprint density at radius 1 is 1.23 bits per heavy atom. The number of rotatable bonds is 2. The maximum Gasteiger partial charge on any atom is 0.0594 e. The molecule has 2 atom stereocenters. The summed E-state index contributed by atoms with van der Waals surface area (Å²) >= 11 is 0. The molecule has 0 aromatic heterocycles. The highest BCUT2D eigenvalue weighted by molar-refractivity contribution is 4.86. The van der Waals surface area contributed by atoms with Gasteiger partial charge in [-0.15, -0.1) is 0 Å². The Kier molecular flexibility index (Phi) is 3.19. The van der Waals surface area contributed by atoms with Crippen LogP contribution in [-0.4, -0.2) is 50.3 Å². The zero-order chi connectivity index (χ0) is 9.10. The van der Waals surface area contributed by atoms with Crippen LogP contribution in [0.2, 0.25) is 0 Å². The zero-order valence-electron chi connectivity index (χ0n) is 8.46. The molecule has 1 aliphatic heterocycles. The van der Waals surface area contributed by atoms with Gasteiger partial charge in [-0.25, -0.2) is 0 Å². The van der Waals surface area contributed by atoms with Gasteiger partial charge < -0.3 is 10.1 Å². The zero-order valence-corrected chi connectivity index (χ0v) is 8.46. The lowest BCUT2D eigenvalue weighted by molar-refractivity contribution is 0.0176. The molecule has 0 radical (unpaired) electrons. The molecule has 1 N–H and O–H groups in total. The van der Waals surface area contributed by atoms with Crippen molar-refractivity contribution in [3.63, 3.8) is 0 Å². The van der Waals surface area contributed by atoms with Crippen LogP contribution in [0.1, 0.15) is 19.3 Å². The van der Waals surface area contributed by atoms with E-state index in [1.165, 1.54) is 19.3 Å². The summed E-state index contributed by atoms with van der Waals surface area (Å²) in [5.41, 5.74) is 0. The molecule has 13 heavy (non-hydrogen) atoms. The molecule has 0 bridgehead atoms. The summed E-state index contributed by atoms with van der Waals surface area (Å²) < 4.78 is 5.36. The summed E-state index contributed by atoms with van der Waals surface area (Å²) in [5.74, 6) is 0. The van der Waals surface area contributed by atoms with E-state index >= 15 is 0 Å². The summed E-state index contributed by atoms with van der Waals surface area (Å²) in [5, 5.41) is 3.38. The van der Waals surface area contributed by atoms with Gasteiger partial charge in [0, 0.05) is 25.2 Å². The molecule has 3 heteroatoms. The lowest BCUT2D eigenvalue weighted by Crippen LogP contribution is -2.43. The largest absolute Gasteiger partial charge is 0.379 e. The first-order chi connectivity index (χ1) is 6.40. The molecular formula is C10H20N2O. The van der Waals surface area contributed by atoms with E-state index in [0.29, 0.717) is 0 Å². The summed E-state index contributed by atoms with van der Waals surface area (Å²) in [6.07, 6.45) is 4.04. The monoisotopic (exact) mass is 184 g/mol. The van der Waals surface area contributed by atoms with Crippen molar-refractivity contribution < 1.29 is 4.74 Å². The third-order valence-electron chi connectivity index (χ3n) is 3.38. The third kappa shape index (κ3) is 2.22. The molecule has 1 heterocycles. The average Bonchev–Trinajstić information content (AvgIpc) is 2.67. The van der Waals surface area contributed by atoms with Gasteiger partial charge >= 0.3 is 0 Å². The predicted molar refractivity (Wildman–Crippen MR) is 52.9 cm³/mol. The van der Waals surface area contributed by atoms with E-state index in [-0.39, 0.29) is 0 Å². The van der Waals surface area contributed by atoms with E-state index in [0.717, 1.165) is 38.4 Å². The van der Waals surface area contributed by atoms with Gasteiger partial charge in [0.15, 0.2) is 0 Å². The maximum atomic E-state index is 5.36. The fraction of sp³-hybridized carbons (Fsp3) is 1.00. The number of nitrogens with one attached hydrogen (secondary N) is 1. The molecule has 1 saturated heterocycles. The second-order valence-corrected chi connectivity index (χ2v) is 4.10. The molecule has 1 unspecified atom stereocenters. The summed E-state index contributed by atoms with van der Waals surface area (Å²) in [6, 6.07) is 1.58. The van der Waals surface area contributed by atoms with Gasteiger partial charge in [-0.1, -0.05) is 0 Å². The van der Waals surface area contributed by atoms with Gasteiger partial charge in [0.05, 0.1) is 13.2 Å². The van der Waals surface area contributed by atoms with Crippen LogP contribution in [0, 0.1) is 0 Å². The minimum atomic E-state index is 0.757. The first kappa shape index (κ1) is 9.44. The van der Waals surface area contributed by atoms with Crippen LogP contribution in [0.5, 0.6) is 0 Å². The SMILES string of the molecule is CN[C@@H]1CCC(N2CCOCC2)C1. The minimum absolute atomic E-state index is 0.757. The minimum Gasteiger partial charge on any atom is -0.379 e. The molecule has 0 amide bonds. The number of hydrogen-bond acceptors (Lipinski definition) is 3. The predicted octanol–water partition coefficient (Wildman–Crippen LogP) is 0.459. The standard InChI is InChI=1S/C10H20N2O/c1-11-9-2-3-10(8-9)12-4-6-13-7-5-12/h9-11H,2-8H2,1H3/t9-,10?/m1/s1. The second-order valence-electron chi connectivity index (χ2n) is 4.10. The Morgan fingerprint density at radius 3 is 2.62 bits per heavy atom. The molecule has 2 fully saturated rings. The Morgan fingerprint density at radius 2 is 2.00 bits per heavy atom. The van der Waals surface area contributed by atoms with Crippen LogP contribution >= 0.6 is 0 Å². The smallest absolute Gasteiger partial charge is 0.0594 e. The van der Waals surface area contributed by atoms with Crippen molar-refractivity contribution in [3.8, 4) is 0 Å². The van der Waals surface area contributed by atoms with Crippen LogP contribution in [0.3, 0.4) is 0 Å². The first-order valence-corrected chi connectivity index (χ1v) is 5.39. The van der Waals surface area contributed by atoms with E-state index in [1.54, 1.807) is 0 Å². The fourth-order valence-corrected chi connectivity index (χ4v) is 2.49. The van der Waals surface area contributed by atoms with Gasteiger partial charge in [-0.3, -0.25) is 4.90 Å². The molecule has 0 aromatic carbocycles. The van der Waals surface area contributed by atoms with Gasteiger partial charge in [0.25, 0.3) is 0 Å². The summed E-state index contributed by atoms with van der Waals surface area (Å²) in [7, 11) is 2.08. The van der Waals surface area contributed by atoms with Crippen molar-refractivity contribution in [2.45, 2.75) is 31.3 Å². The second kappa shape index (κ2) is 4.40. The molecule has 2 rings (SSSR count). The lowest BCUT2D eigenvalue weighted by Gasteiger charge is -2.32. The van der Waals surface area contributed by atoms with Crippen LogP contribution in [-0.2, 0) is 4.74 Å². The van der Waals surface area contributed by atoms with E-state index in [1.807, 2.05) is 0 Å². The number of ether oxygens (including phenoxy) is 1. The van der Waals surface area contributed by atoms with Gasteiger partial charge in [0.1, 0.15) is 0 Å². The van der Waals surface area contributed by atoms with Crippen molar-refractivity contribution in [2.24, 2.45) is 0 Å². The maximum absolute atomic E-state index is 5.36. The van der Waals surface area contributed by atoms with Crippen LogP contribution in [0.25, 0.3) is 0 Å².